The highest BCUT2D eigenvalue weighted by Gasteiger charge is 2.03. The third-order valence-electron chi connectivity index (χ3n) is 1.98. The largest absolute Gasteiger partial charge is 0.235 e. The Kier molecular flexibility index (Phi) is 2.93. The Labute approximate surface area is 76.1 Å². The first-order valence-corrected chi connectivity index (χ1v) is 3.94. The average Bonchev–Trinajstić information content (AvgIpc) is 2.09. The maximum Gasteiger partial charge on any atom is 0.235 e. The zero-order chi connectivity index (χ0) is 9.84. The minimum atomic E-state index is -0.317. The fourth-order valence-electron chi connectivity index (χ4n) is 1.08. The van der Waals surface area contributed by atoms with Crippen LogP contribution in [0.25, 0.3) is 0 Å². The van der Waals surface area contributed by atoms with Crippen LogP contribution in [0.1, 0.15) is 16.7 Å². The van der Waals surface area contributed by atoms with Crippen LogP contribution >= 0.6 is 0 Å². The first-order chi connectivity index (χ1) is 6.15. The molecule has 0 saturated carbocycles. The molecule has 13 heavy (non-hydrogen) atoms. The molecule has 0 aliphatic heterocycles. The number of halogens is 1. The van der Waals surface area contributed by atoms with E-state index in [1.807, 2.05) is 13.8 Å². The van der Waals surface area contributed by atoms with Crippen LogP contribution in [0.5, 0.6) is 0 Å². The first kappa shape index (κ1) is 9.62. The number of hydrogen-bond acceptors (Lipinski definition) is 2. The molecular weight excluding hydrogens is 169 g/mol. The van der Waals surface area contributed by atoms with E-state index in [4.69, 9.17) is 0 Å². The van der Waals surface area contributed by atoms with Gasteiger partial charge in [0.25, 0.3) is 0 Å². The molecule has 2 nitrogen and oxygen atoms in total. The molecule has 0 amide bonds. The molecule has 0 saturated heterocycles. The molecule has 0 radical (unpaired) electrons. The summed E-state index contributed by atoms with van der Waals surface area (Å²) in [6.45, 7) is 3.80. The first-order valence-electron chi connectivity index (χ1n) is 3.94. The highest BCUT2D eigenvalue weighted by Crippen LogP contribution is 2.15. The summed E-state index contributed by atoms with van der Waals surface area (Å²) in [6, 6.07) is 3.15. The minimum Gasteiger partial charge on any atom is -0.211 e. The molecule has 0 heterocycles. The van der Waals surface area contributed by atoms with E-state index in [2.05, 4.69) is 4.99 Å². The maximum absolute atomic E-state index is 13.2. The van der Waals surface area contributed by atoms with E-state index < -0.39 is 0 Å². The lowest BCUT2D eigenvalue weighted by Crippen LogP contribution is -1.92. The van der Waals surface area contributed by atoms with Crippen molar-refractivity contribution in [2.75, 3.05) is 0 Å². The van der Waals surface area contributed by atoms with E-state index in [1.54, 1.807) is 6.07 Å². The van der Waals surface area contributed by atoms with Crippen molar-refractivity contribution in [2.24, 2.45) is 4.99 Å². The van der Waals surface area contributed by atoms with Gasteiger partial charge in [0, 0.05) is 5.56 Å². The molecule has 0 bridgehead atoms. The maximum atomic E-state index is 13.2. The molecule has 0 aliphatic carbocycles. The highest BCUT2D eigenvalue weighted by atomic mass is 19.1. The lowest BCUT2D eigenvalue weighted by molar-refractivity contribution is 0.561. The van der Waals surface area contributed by atoms with Gasteiger partial charge in [-0.05, 0) is 31.0 Å². The quantitative estimate of drug-likeness (QED) is 0.506. The number of isocyanates is 1. The smallest absolute Gasteiger partial charge is 0.211 e. The summed E-state index contributed by atoms with van der Waals surface area (Å²) < 4.78 is 13.2. The molecule has 1 aromatic carbocycles. The van der Waals surface area contributed by atoms with E-state index in [-0.39, 0.29) is 12.4 Å². The summed E-state index contributed by atoms with van der Waals surface area (Å²) in [4.78, 5) is 13.2. The molecule has 68 valence electrons. The second-order valence-electron chi connectivity index (χ2n) is 2.94. The fraction of sp³-hybridized carbons (Fsp3) is 0.300. The van der Waals surface area contributed by atoms with Crippen molar-refractivity contribution in [3.63, 3.8) is 0 Å². The van der Waals surface area contributed by atoms with Crippen molar-refractivity contribution < 1.29 is 9.18 Å². The molecule has 3 heteroatoms. The Morgan fingerprint density at radius 2 is 2.00 bits per heavy atom. The van der Waals surface area contributed by atoms with Crippen LogP contribution in [-0.4, -0.2) is 6.08 Å². The summed E-state index contributed by atoms with van der Waals surface area (Å²) >= 11 is 0. The molecule has 0 spiro atoms. The summed E-state index contributed by atoms with van der Waals surface area (Å²) in [5.74, 6) is -0.317. The van der Waals surface area contributed by atoms with E-state index in [1.165, 1.54) is 12.1 Å². The molecule has 0 aromatic heterocycles. The van der Waals surface area contributed by atoms with Crippen molar-refractivity contribution in [3.8, 4) is 0 Å². The lowest BCUT2D eigenvalue weighted by atomic mass is 10.1. The van der Waals surface area contributed by atoms with E-state index >= 15 is 0 Å². The molecule has 1 aromatic rings. The molecule has 0 fully saturated rings. The second kappa shape index (κ2) is 3.97. The number of benzene rings is 1. The average molecular weight is 179 g/mol. The predicted octanol–water partition coefficient (Wildman–Crippen LogP) is 2.28. The lowest BCUT2D eigenvalue weighted by Gasteiger charge is -2.03. The highest BCUT2D eigenvalue weighted by molar-refractivity contribution is 5.35. The summed E-state index contributed by atoms with van der Waals surface area (Å²) in [7, 11) is 0. The number of carbonyl (C=O) groups excluding carboxylic acids is 1. The van der Waals surface area contributed by atoms with Gasteiger partial charge < -0.3 is 0 Å². The standard InChI is InChI=1S/C10H10FNO/c1-7-3-9(5-12-6-13)10(11)4-8(7)2/h3-4H,5H2,1-2H3. The van der Waals surface area contributed by atoms with Gasteiger partial charge in [0.05, 0.1) is 6.54 Å². The number of aryl methyl sites for hydroxylation is 2. The molecular formula is C10H10FNO. The van der Waals surface area contributed by atoms with Crippen LogP contribution in [0.15, 0.2) is 17.1 Å². The van der Waals surface area contributed by atoms with Crippen LogP contribution in [0, 0.1) is 19.7 Å². The van der Waals surface area contributed by atoms with Gasteiger partial charge in [0.15, 0.2) is 0 Å². The number of aliphatic imine (C=N–C) groups is 1. The van der Waals surface area contributed by atoms with Gasteiger partial charge in [0.2, 0.25) is 6.08 Å². The SMILES string of the molecule is Cc1cc(F)c(CN=C=O)cc1C. The summed E-state index contributed by atoms with van der Waals surface area (Å²) in [5.41, 5.74) is 2.33. The monoisotopic (exact) mass is 179 g/mol. The molecule has 1 rings (SSSR count). The number of hydrogen-bond donors (Lipinski definition) is 0. The van der Waals surface area contributed by atoms with Gasteiger partial charge in [-0.3, -0.25) is 0 Å². The van der Waals surface area contributed by atoms with E-state index in [0.29, 0.717) is 5.56 Å². The van der Waals surface area contributed by atoms with Crippen LogP contribution in [0.2, 0.25) is 0 Å². The summed E-state index contributed by atoms with van der Waals surface area (Å²) in [5, 5.41) is 0. The zero-order valence-corrected chi connectivity index (χ0v) is 7.60. The molecule has 0 N–H and O–H groups in total. The van der Waals surface area contributed by atoms with Crippen LogP contribution in [-0.2, 0) is 11.3 Å². The summed E-state index contributed by atoms with van der Waals surface area (Å²) in [6.07, 6.45) is 1.39. The molecule has 0 unspecified atom stereocenters. The van der Waals surface area contributed by atoms with Gasteiger partial charge in [-0.15, -0.1) is 0 Å². The van der Waals surface area contributed by atoms with Crippen molar-refractivity contribution in [3.05, 3.63) is 34.6 Å². The van der Waals surface area contributed by atoms with Gasteiger partial charge in [0.1, 0.15) is 5.82 Å². The molecule has 0 atom stereocenters. The van der Waals surface area contributed by atoms with Crippen LogP contribution in [0.4, 0.5) is 4.39 Å². The van der Waals surface area contributed by atoms with Crippen molar-refractivity contribution >= 4 is 6.08 Å². The van der Waals surface area contributed by atoms with Gasteiger partial charge in [-0.2, -0.15) is 0 Å². The Bertz CT molecular complexity index is 367. The Hall–Kier alpha value is -1.47. The third-order valence-corrected chi connectivity index (χ3v) is 1.98. The van der Waals surface area contributed by atoms with Crippen molar-refractivity contribution in [1.29, 1.82) is 0 Å². The van der Waals surface area contributed by atoms with Gasteiger partial charge >= 0.3 is 0 Å². The Morgan fingerprint density at radius 1 is 1.38 bits per heavy atom. The van der Waals surface area contributed by atoms with Crippen LogP contribution in [0.3, 0.4) is 0 Å². The van der Waals surface area contributed by atoms with Crippen molar-refractivity contribution in [2.45, 2.75) is 20.4 Å². The Balaban J connectivity index is 3.07. The minimum absolute atomic E-state index is 0.0659. The van der Waals surface area contributed by atoms with Gasteiger partial charge in [-0.1, -0.05) is 6.07 Å². The molecule has 0 aliphatic rings. The van der Waals surface area contributed by atoms with Crippen LogP contribution < -0.4 is 0 Å². The zero-order valence-electron chi connectivity index (χ0n) is 7.60. The topological polar surface area (TPSA) is 29.4 Å². The second-order valence-corrected chi connectivity index (χ2v) is 2.94. The van der Waals surface area contributed by atoms with Crippen molar-refractivity contribution in [1.82, 2.24) is 0 Å². The van der Waals surface area contributed by atoms with E-state index in [9.17, 15) is 9.18 Å². The number of rotatable bonds is 2. The Morgan fingerprint density at radius 3 is 2.62 bits per heavy atom. The van der Waals surface area contributed by atoms with Gasteiger partial charge in [-0.25, -0.2) is 14.2 Å². The van der Waals surface area contributed by atoms with E-state index in [0.717, 1.165) is 11.1 Å². The third kappa shape index (κ3) is 2.23. The predicted molar refractivity (Wildman–Crippen MR) is 47.7 cm³/mol. The fourth-order valence-corrected chi connectivity index (χ4v) is 1.08. The number of nitrogens with zero attached hydrogens (tertiary/aromatic N) is 1. The normalized spacial score (nSPS) is 9.46.